The molecule has 1 aromatic carbocycles. The number of nitrogens with one attached hydrogen (secondary N) is 1. The summed E-state index contributed by atoms with van der Waals surface area (Å²) in [7, 11) is 3.14. The van der Waals surface area contributed by atoms with Crippen molar-refractivity contribution in [2.24, 2.45) is 0 Å². The fourth-order valence-corrected chi connectivity index (χ4v) is 3.26. The molecule has 0 radical (unpaired) electrons. The maximum atomic E-state index is 11.1. The summed E-state index contributed by atoms with van der Waals surface area (Å²) in [5, 5.41) is 19.5. The molecule has 2 aromatic heterocycles. The lowest BCUT2D eigenvalue weighted by Crippen LogP contribution is -2.21. The minimum atomic E-state index is -5.08. The number of hydrogen-bond donors (Lipinski definition) is 3. The first-order valence-electron chi connectivity index (χ1n) is 9.47. The van der Waals surface area contributed by atoms with Gasteiger partial charge < -0.3 is 25.0 Å². The maximum Gasteiger partial charge on any atom is 0.490 e. The summed E-state index contributed by atoms with van der Waals surface area (Å²) in [6, 6.07) is 13.2. The zero-order chi connectivity index (χ0) is 25.3. The normalized spacial score (nSPS) is 10.6. The van der Waals surface area contributed by atoms with Gasteiger partial charge in [-0.25, -0.2) is 9.59 Å². The van der Waals surface area contributed by atoms with Crippen LogP contribution in [0.2, 0.25) is 0 Å². The average molecular weight is 499 g/mol. The van der Waals surface area contributed by atoms with Crippen LogP contribution in [0, 0.1) is 0 Å². The molecule has 0 spiro atoms. The fraction of sp³-hybridized carbons (Fsp3) is 0.238. The highest BCUT2D eigenvalue weighted by Crippen LogP contribution is 2.29. The molecule has 0 saturated carbocycles. The van der Waals surface area contributed by atoms with Gasteiger partial charge in [-0.3, -0.25) is 0 Å². The Bertz CT molecular complexity index is 1120. The van der Waals surface area contributed by atoms with Gasteiger partial charge in [0.25, 0.3) is 0 Å². The lowest BCUT2D eigenvalue weighted by molar-refractivity contribution is -0.192. The molecule has 0 fully saturated rings. The number of carboxylic acid groups (broad SMARTS) is 2. The van der Waals surface area contributed by atoms with Crippen LogP contribution < -0.4 is 14.8 Å². The van der Waals surface area contributed by atoms with E-state index in [0.717, 1.165) is 28.4 Å². The highest BCUT2D eigenvalue weighted by atomic mass is 32.1. The van der Waals surface area contributed by atoms with Crippen molar-refractivity contribution in [1.82, 2.24) is 9.97 Å². The minimum absolute atomic E-state index is 0.227. The van der Waals surface area contributed by atoms with Gasteiger partial charge in [0.05, 0.1) is 24.8 Å². The van der Waals surface area contributed by atoms with Crippen molar-refractivity contribution in [1.29, 1.82) is 0 Å². The molecule has 0 bridgehead atoms. The summed E-state index contributed by atoms with van der Waals surface area (Å²) >= 11 is 1.16. The van der Waals surface area contributed by atoms with Gasteiger partial charge >= 0.3 is 24.1 Å². The van der Waals surface area contributed by atoms with Crippen molar-refractivity contribution in [3.8, 4) is 22.3 Å². The number of methoxy groups -OCH3 is 2. The van der Waals surface area contributed by atoms with Crippen LogP contribution in [0.15, 0.2) is 42.5 Å². The van der Waals surface area contributed by atoms with Crippen molar-refractivity contribution in [3.05, 3.63) is 52.9 Å². The van der Waals surface area contributed by atoms with E-state index in [1.165, 1.54) is 12.7 Å². The van der Waals surface area contributed by atoms with E-state index < -0.39 is 18.1 Å². The molecule has 0 unspecified atom stereocenters. The van der Waals surface area contributed by atoms with Crippen LogP contribution in [-0.2, 0) is 11.2 Å². The summed E-state index contributed by atoms with van der Waals surface area (Å²) < 4.78 is 42.1. The number of nitrogens with zero attached hydrogens (tertiary/aromatic N) is 2. The molecule has 0 atom stereocenters. The summed E-state index contributed by atoms with van der Waals surface area (Å²) in [5.41, 5.74) is 1.79. The van der Waals surface area contributed by atoms with Gasteiger partial charge in [0, 0.05) is 12.6 Å². The van der Waals surface area contributed by atoms with Crippen LogP contribution in [-0.4, -0.2) is 59.1 Å². The second kappa shape index (κ2) is 11.8. The Hall–Kier alpha value is -3.87. The number of benzene rings is 1. The third-order valence-electron chi connectivity index (χ3n) is 4.08. The molecule has 3 aromatic rings. The quantitative estimate of drug-likeness (QED) is 0.417. The molecule has 0 aliphatic rings. The number of rotatable bonds is 8. The molecule has 13 heteroatoms. The van der Waals surface area contributed by atoms with E-state index in [2.05, 4.69) is 15.3 Å². The number of thiophene rings is 1. The molecule has 0 amide bonds. The van der Waals surface area contributed by atoms with E-state index >= 15 is 0 Å². The molecule has 0 saturated heterocycles. The topological polar surface area (TPSA) is 131 Å². The van der Waals surface area contributed by atoms with Gasteiger partial charge in [-0.2, -0.15) is 23.1 Å². The number of ether oxygens (including phenoxy) is 2. The van der Waals surface area contributed by atoms with Crippen LogP contribution in [0.3, 0.4) is 0 Å². The fourth-order valence-electron chi connectivity index (χ4n) is 2.45. The molecule has 0 aliphatic carbocycles. The molecule has 34 heavy (non-hydrogen) atoms. The van der Waals surface area contributed by atoms with Crippen molar-refractivity contribution >= 4 is 29.1 Å². The van der Waals surface area contributed by atoms with Crippen LogP contribution in [0.1, 0.15) is 15.2 Å². The lowest BCUT2D eigenvalue weighted by atomic mass is 10.1. The minimum Gasteiger partial charge on any atom is -0.497 e. The number of carboxylic acids is 2. The van der Waals surface area contributed by atoms with Crippen molar-refractivity contribution in [2.45, 2.75) is 12.6 Å². The Labute approximate surface area is 195 Å². The number of anilines is 1. The number of aromatic nitrogens is 2. The third kappa shape index (κ3) is 7.92. The number of halogens is 3. The second-order valence-corrected chi connectivity index (χ2v) is 7.51. The molecular formula is C21H20F3N3O6S. The smallest absolute Gasteiger partial charge is 0.490 e. The molecule has 3 N–H and O–H groups in total. The Morgan fingerprint density at radius 2 is 1.68 bits per heavy atom. The maximum absolute atomic E-state index is 11.1. The standard InChI is InChI=1S/C19H19N3O4S.C2HF3O2/c1-25-13-5-3-12(4-6-13)9-10-20-17-11-14(21-19(22-17)26-2)15-7-8-16(27-15)18(23)24;3-2(4,5)1(6)7/h3-8,11H,9-10H2,1-2H3,(H,23,24)(H,20,21,22);(H,6,7). The van der Waals surface area contributed by atoms with Gasteiger partial charge in [-0.05, 0) is 36.2 Å². The van der Waals surface area contributed by atoms with Gasteiger partial charge in [0.1, 0.15) is 16.4 Å². The zero-order valence-corrected chi connectivity index (χ0v) is 18.7. The molecule has 2 heterocycles. The lowest BCUT2D eigenvalue weighted by Gasteiger charge is -2.09. The summed E-state index contributed by atoms with van der Waals surface area (Å²) in [5.74, 6) is -2.26. The predicted molar refractivity (Wildman–Crippen MR) is 118 cm³/mol. The molecule has 9 nitrogen and oxygen atoms in total. The Kier molecular flexibility index (Phi) is 9.18. The highest BCUT2D eigenvalue weighted by Gasteiger charge is 2.38. The summed E-state index contributed by atoms with van der Waals surface area (Å²) in [6.07, 6.45) is -4.27. The van der Waals surface area contributed by atoms with Crippen LogP contribution >= 0.6 is 11.3 Å². The van der Waals surface area contributed by atoms with Crippen molar-refractivity contribution < 1.29 is 42.4 Å². The van der Waals surface area contributed by atoms with E-state index in [0.29, 0.717) is 18.1 Å². The van der Waals surface area contributed by atoms with Gasteiger partial charge in [0.15, 0.2) is 0 Å². The summed E-state index contributed by atoms with van der Waals surface area (Å²) in [6.45, 7) is 0.677. The molecule has 182 valence electrons. The number of aromatic carboxylic acids is 1. The Morgan fingerprint density at radius 1 is 1.03 bits per heavy atom. The van der Waals surface area contributed by atoms with E-state index in [-0.39, 0.29) is 10.9 Å². The average Bonchev–Trinajstić information content (AvgIpc) is 3.30. The van der Waals surface area contributed by atoms with Crippen LogP contribution in [0.25, 0.3) is 10.6 Å². The summed E-state index contributed by atoms with van der Waals surface area (Å²) in [4.78, 5) is 29.6. The van der Waals surface area contributed by atoms with Gasteiger partial charge in [-0.1, -0.05) is 12.1 Å². The van der Waals surface area contributed by atoms with Crippen molar-refractivity contribution in [2.75, 3.05) is 26.1 Å². The van der Waals surface area contributed by atoms with E-state index in [1.54, 1.807) is 25.3 Å². The largest absolute Gasteiger partial charge is 0.497 e. The number of hydrogen-bond acceptors (Lipinski definition) is 8. The van der Waals surface area contributed by atoms with E-state index in [9.17, 15) is 18.0 Å². The predicted octanol–water partition coefficient (Wildman–Crippen LogP) is 4.21. The van der Waals surface area contributed by atoms with Gasteiger partial charge in [0.2, 0.25) is 0 Å². The highest BCUT2D eigenvalue weighted by molar-refractivity contribution is 7.17. The third-order valence-corrected chi connectivity index (χ3v) is 5.17. The first-order chi connectivity index (χ1) is 16.0. The number of aliphatic carboxylic acids is 1. The van der Waals surface area contributed by atoms with Gasteiger partial charge in [-0.15, -0.1) is 11.3 Å². The molecule has 0 aliphatic heterocycles. The number of alkyl halides is 3. The first-order valence-corrected chi connectivity index (χ1v) is 10.3. The Morgan fingerprint density at radius 3 is 2.18 bits per heavy atom. The SMILES string of the molecule is COc1ccc(CCNc2cc(-c3ccc(C(=O)O)s3)nc(OC)n2)cc1.O=C(O)C(F)(F)F. The molecular weight excluding hydrogens is 479 g/mol. The van der Waals surface area contributed by atoms with Crippen molar-refractivity contribution in [3.63, 3.8) is 0 Å². The van der Waals surface area contributed by atoms with E-state index in [4.69, 9.17) is 24.5 Å². The Balaban J connectivity index is 0.000000509. The molecule has 3 rings (SSSR count). The first kappa shape index (κ1) is 26.4. The zero-order valence-electron chi connectivity index (χ0n) is 17.9. The second-order valence-electron chi connectivity index (χ2n) is 6.42. The van der Waals surface area contributed by atoms with E-state index in [1.807, 2.05) is 24.3 Å². The monoisotopic (exact) mass is 499 g/mol. The van der Waals surface area contributed by atoms with Crippen LogP contribution in [0.5, 0.6) is 11.8 Å². The number of carbonyl (C=O) groups is 2. The van der Waals surface area contributed by atoms with Crippen LogP contribution in [0.4, 0.5) is 19.0 Å².